The molecule has 0 spiro atoms. The van der Waals surface area contributed by atoms with Gasteiger partial charge >= 0.3 is 6.09 Å². The maximum absolute atomic E-state index is 11.8. The lowest BCUT2D eigenvalue weighted by Gasteiger charge is -2.44. The van der Waals surface area contributed by atoms with Crippen molar-refractivity contribution in [2.24, 2.45) is 0 Å². The molecule has 3 rings (SSSR count). The van der Waals surface area contributed by atoms with E-state index in [4.69, 9.17) is 21.1 Å². The Bertz CT molecular complexity index is 807. The predicted octanol–water partition coefficient (Wildman–Crippen LogP) is 4.54. The first-order chi connectivity index (χ1) is 12.5. The van der Waals surface area contributed by atoms with Crippen molar-refractivity contribution in [3.05, 3.63) is 23.1 Å². The van der Waals surface area contributed by atoms with Crippen LogP contribution >= 0.6 is 11.6 Å². The molecule has 0 aliphatic heterocycles. The Kier molecular flexibility index (Phi) is 6.24. The van der Waals surface area contributed by atoms with Crippen LogP contribution in [0.4, 0.5) is 4.79 Å². The zero-order valence-electron chi connectivity index (χ0n) is 17.1. The van der Waals surface area contributed by atoms with Crippen LogP contribution < -0.4 is 10.1 Å². The highest BCUT2D eigenvalue weighted by Gasteiger charge is 2.44. The molecule has 1 amide bonds. The third-order valence-corrected chi connectivity index (χ3v) is 4.22. The van der Waals surface area contributed by atoms with Gasteiger partial charge in [-0.25, -0.2) is 9.31 Å². The molecule has 2 aromatic rings. The molecule has 1 aliphatic carbocycles. The van der Waals surface area contributed by atoms with E-state index in [0.29, 0.717) is 23.9 Å². The summed E-state index contributed by atoms with van der Waals surface area (Å²) in [5.74, 6) is 0.459. The van der Waals surface area contributed by atoms with Crippen molar-refractivity contribution in [1.29, 1.82) is 0 Å². The highest BCUT2D eigenvalue weighted by atomic mass is 35.5. The standard InChI is InChI=1S/C17H23ClN4O3.C2H6/c1-10-8-19-22-9-12(18)21-14(13(10)22)24-17(5)6-11(7-17)20-15(23)25-16(2,3)4;1-2/h8-9,11H,6-7H2,1-5H3,(H,20,23);1-2H3. The van der Waals surface area contributed by atoms with E-state index in [2.05, 4.69) is 15.4 Å². The van der Waals surface area contributed by atoms with E-state index < -0.39 is 17.3 Å². The van der Waals surface area contributed by atoms with Crippen molar-refractivity contribution in [3.63, 3.8) is 0 Å². The van der Waals surface area contributed by atoms with Crippen LogP contribution in [0.25, 0.3) is 5.52 Å². The second-order valence-corrected chi connectivity index (χ2v) is 8.18. The van der Waals surface area contributed by atoms with E-state index in [1.54, 1.807) is 16.9 Å². The summed E-state index contributed by atoms with van der Waals surface area (Å²) in [6, 6.07) is 0.0149. The Morgan fingerprint density at radius 3 is 2.59 bits per heavy atom. The first-order valence-corrected chi connectivity index (χ1v) is 9.61. The summed E-state index contributed by atoms with van der Waals surface area (Å²) in [6.45, 7) is 13.4. The average Bonchev–Trinajstić information content (AvgIpc) is 2.87. The number of halogens is 1. The van der Waals surface area contributed by atoms with Crippen molar-refractivity contribution >= 4 is 23.2 Å². The second-order valence-electron chi connectivity index (χ2n) is 7.79. The number of amides is 1. The minimum absolute atomic E-state index is 0.0149. The van der Waals surface area contributed by atoms with Crippen molar-refractivity contribution in [3.8, 4) is 5.88 Å². The molecule has 27 heavy (non-hydrogen) atoms. The topological polar surface area (TPSA) is 77.8 Å². The minimum Gasteiger partial charge on any atom is -0.470 e. The lowest BCUT2D eigenvalue weighted by atomic mass is 9.77. The Labute approximate surface area is 165 Å². The van der Waals surface area contributed by atoms with Gasteiger partial charge in [0.05, 0.1) is 12.4 Å². The molecule has 0 atom stereocenters. The quantitative estimate of drug-likeness (QED) is 0.823. The van der Waals surface area contributed by atoms with Crippen molar-refractivity contribution < 1.29 is 14.3 Å². The molecule has 0 bridgehead atoms. The van der Waals surface area contributed by atoms with Crippen LogP contribution in [0.3, 0.4) is 0 Å². The fourth-order valence-electron chi connectivity index (χ4n) is 3.04. The number of rotatable bonds is 3. The number of carbonyl (C=O) groups excluding carboxylic acids is 1. The SMILES string of the molecule is CC.Cc1cnn2cc(Cl)nc(OC3(C)CC(NC(=O)OC(C)(C)C)C3)c12. The average molecular weight is 397 g/mol. The van der Waals surface area contributed by atoms with Gasteiger partial charge < -0.3 is 14.8 Å². The van der Waals surface area contributed by atoms with Gasteiger partial charge in [-0.15, -0.1) is 0 Å². The van der Waals surface area contributed by atoms with Gasteiger partial charge in [0.1, 0.15) is 16.7 Å². The highest BCUT2D eigenvalue weighted by Crippen LogP contribution is 2.38. The number of hydrogen-bond donors (Lipinski definition) is 1. The Balaban J connectivity index is 0.00000126. The maximum atomic E-state index is 11.8. The maximum Gasteiger partial charge on any atom is 0.407 e. The predicted molar refractivity (Wildman–Crippen MR) is 106 cm³/mol. The summed E-state index contributed by atoms with van der Waals surface area (Å²) in [5, 5.41) is 7.42. The van der Waals surface area contributed by atoms with Crippen LogP contribution in [0.1, 0.15) is 59.9 Å². The van der Waals surface area contributed by atoms with Gasteiger partial charge in [-0.05, 0) is 34.6 Å². The smallest absolute Gasteiger partial charge is 0.407 e. The summed E-state index contributed by atoms with van der Waals surface area (Å²) < 4.78 is 13.1. The molecule has 1 saturated carbocycles. The number of hydrogen-bond acceptors (Lipinski definition) is 5. The number of nitrogens with one attached hydrogen (secondary N) is 1. The Morgan fingerprint density at radius 2 is 2.00 bits per heavy atom. The number of ether oxygens (including phenoxy) is 2. The van der Waals surface area contributed by atoms with Crippen LogP contribution in [0, 0.1) is 6.92 Å². The molecule has 0 aromatic carbocycles. The number of aromatic nitrogens is 3. The van der Waals surface area contributed by atoms with E-state index in [-0.39, 0.29) is 6.04 Å². The molecule has 8 heteroatoms. The van der Waals surface area contributed by atoms with Crippen molar-refractivity contribution in [2.45, 2.75) is 78.6 Å². The first kappa shape index (κ1) is 21.3. The lowest BCUT2D eigenvalue weighted by molar-refractivity contribution is -0.0217. The monoisotopic (exact) mass is 396 g/mol. The molecular weight excluding hydrogens is 368 g/mol. The summed E-state index contributed by atoms with van der Waals surface area (Å²) in [7, 11) is 0. The number of nitrogens with zero attached hydrogens (tertiary/aromatic N) is 3. The van der Waals surface area contributed by atoms with E-state index in [1.807, 2.05) is 48.5 Å². The van der Waals surface area contributed by atoms with Gasteiger partial charge in [0.2, 0.25) is 5.88 Å². The van der Waals surface area contributed by atoms with Gasteiger partial charge in [-0.3, -0.25) is 0 Å². The first-order valence-electron chi connectivity index (χ1n) is 9.24. The molecule has 1 N–H and O–H groups in total. The summed E-state index contributed by atoms with van der Waals surface area (Å²) >= 11 is 6.06. The fraction of sp³-hybridized carbons (Fsp3) is 0.632. The molecule has 0 radical (unpaired) electrons. The summed E-state index contributed by atoms with van der Waals surface area (Å²) in [6.07, 6.45) is 4.32. The minimum atomic E-state index is -0.510. The fourth-order valence-corrected chi connectivity index (χ4v) is 3.21. The van der Waals surface area contributed by atoms with E-state index >= 15 is 0 Å². The molecule has 2 aromatic heterocycles. The summed E-state index contributed by atoms with van der Waals surface area (Å²) in [5.41, 5.74) is 0.831. The highest BCUT2D eigenvalue weighted by molar-refractivity contribution is 6.29. The van der Waals surface area contributed by atoms with Crippen LogP contribution in [0.2, 0.25) is 5.15 Å². The molecule has 150 valence electrons. The van der Waals surface area contributed by atoms with Crippen molar-refractivity contribution in [2.75, 3.05) is 0 Å². The van der Waals surface area contributed by atoms with E-state index in [9.17, 15) is 4.79 Å². The molecule has 2 heterocycles. The second kappa shape index (κ2) is 7.92. The van der Waals surface area contributed by atoms with Gasteiger partial charge in [-0.1, -0.05) is 25.4 Å². The molecule has 7 nitrogen and oxygen atoms in total. The zero-order valence-corrected chi connectivity index (χ0v) is 17.8. The lowest BCUT2D eigenvalue weighted by Crippen LogP contribution is -2.57. The number of carbonyl (C=O) groups is 1. The molecule has 0 saturated heterocycles. The Hall–Kier alpha value is -2.02. The molecular formula is C19H29ClN4O3. The van der Waals surface area contributed by atoms with Crippen LogP contribution in [0.15, 0.2) is 12.4 Å². The zero-order chi connectivity index (χ0) is 20.4. The van der Waals surface area contributed by atoms with Gasteiger partial charge in [0.25, 0.3) is 0 Å². The number of alkyl carbamates (subject to hydrolysis) is 1. The largest absolute Gasteiger partial charge is 0.470 e. The molecule has 0 unspecified atom stereocenters. The normalized spacial score (nSPS) is 21.7. The summed E-state index contributed by atoms with van der Waals surface area (Å²) in [4.78, 5) is 16.2. The number of fused-ring (bicyclic) bond motifs is 1. The van der Waals surface area contributed by atoms with Gasteiger partial charge in [-0.2, -0.15) is 10.1 Å². The Morgan fingerprint density at radius 1 is 1.37 bits per heavy atom. The molecule has 1 aliphatic rings. The van der Waals surface area contributed by atoms with E-state index in [1.165, 1.54) is 0 Å². The van der Waals surface area contributed by atoms with Gasteiger partial charge in [0, 0.05) is 24.4 Å². The third kappa shape index (κ3) is 5.25. The van der Waals surface area contributed by atoms with Gasteiger partial charge in [0.15, 0.2) is 5.15 Å². The van der Waals surface area contributed by atoms with E-state index in [0.717, 1.165) is 11.1 Å². The molecule has 1 fully saturated rings. The van der Waals surface area contributed by atoms with Crippen LogP contribution in [0.5, 0.6) is 5.88 Å². The third-order valence-electron chi connectivity index (χ3n) is 4.04. The van der Waals surface area contributed by atoms with Crippen LogP contribution in [-0.2, 0) is 4.74 Å². The van der Waals surface area contributed by atoms with Crippen molar-refractivity contribution in [1.82, 2.24) is 19.9 Å². The number of aryl methyl sites for hydroxylation is 1. The van der Waals surface area contributed by atoms with Crippen LogP contribution in [-0.4, -0.2) is 37.9 Å².